The van der Waals surface area contributed by atoms with E-state index in [4.69, 9.17) is 22.1 Å². The molecule has 2 N–H and O–H groups in total. The van der Waals surface area contributed by atoms with Gasteiger partial charge in [0, 0.05) is 16.3 Å². The van der Waals surface area contributed by atoms with Crippen molar-refractivity contribution in [2.45, 2.75) is 36.9 Å². The van der Waals surface area contributed by atoms with E-state index in [1.165, 1.54) is 0 Å². The van der Waals surface area contributed by atoms with E-state index < -0.39 is 17.7 Å². The number of hydrogen-bond donors (Lipinski definition) is 2. The second-order valence-electron chi connectivity index (χ2n) is 5.44. The number of Topliss-reactive ketones (excluding diaryl/α,β-unsaturated/α-hetero) is 1. The predicted molar refractivity (Wildman–Crippen MR) is 86.1 cm³/mol. The second-order valence-corrected chi connectivity index (χ2v) is 6.21. The molecule has 0 spiro atoms. The van der Waals surface area contributed by atoms with Crippen molar-refractivity contribution in [1.82, 2.24) is 0 Å². The first-order valence-electron chi connectivity index (χ1n) is 7.00. The van der Waals surface area contributed by atoms with Gasteiger partial charge < -0.3 is 10.5 Å². The first kappa shape index (κ1) is 14.9. The van der Waals surface area contributed by atoms with Crippen LogP contribution in [0, 0.1) is 0 Å². The molecule has 0 saturated heterocycles. The Labute approximate surface area is 134 Å². The molecule has 1 aliphatic carbocycles. The number of carbonyl (C=O) groups is 1. The maximum Gasteiger partial charge on any atom is 0.205 e. The summed E-state index contributed by atoms with van der Waals surface area (Å²) in [5.41, 5.74) is 5.79. The van der Waals surface area contributed by atoms with Crippen LogP contribution in [0.5, 0.6) is 0 Å². The maximum atomic E-state index is 12.8. The monoisotopic (exact) mass is 324 g/mol. The molecular weight excluding hydrogens is 308 g/mol. The van der Waals surface area contributed by atoms with Crippen LogP contribution < -0.4 is 5.73 Å². The van der Waals surface area contributed by atoms with Gasteiger partial charge >= 0.3 is 0 Å². The number of rotatable bonds is 3. The summed E-state index contributed by atoms with van der Waals surface area (Å²) in [6.45, 7) is 0. The summed E-state index contributed by atoms with van der Waals surface area (Å²) < 4.78 is 5.69. The lowest BCUT2D eigenvalue weighted by molar-refractivity contribution is -0.137. The van der Waals surface area contributed by atoms with Crippen molar-refractivity contribution in [3.05, 3.63) is 34.9 Å². The van der Waals surface area contributed by atoms with Crippen LogP contribution in [-0.2, 0) is 15.1 Å². The molecule has 0 aromatic heterocycles. The van der Waals surface area contributed by atoms with Crippen LogP contribution in [-0.4, -0.2) is 29.6 Å². The van der Waals surface area contributed by atoms with Gasteiger partial charge in [0.2, 0.25) is 11.7 Å². The summed E-state index contributed by atoms with van der Waals surface area (Å²) in [4.78, 5) is 17.4. The maximum absolute atomic E-state index is 12.8. The summed E-state index contributed by atoms with van der Waals surface area (Å²) in [6.07, 6.45) is 1.73. The molecule has 1 aliphatic heterocycles. The average molecular weight is 325 g/mol. The zero-order valence-corrected chi connectivity index (χ0v) is 13.1. The van der Waals surface area contributed by atoms with Crippen molar-refractivity contribution in [3.63, 3.8) is 0 Å². The molecule has 3 atom stereocenters. The lowest BCUT2D eigenvalue weighted by Crippen LogP contribution is -2.54. The zero-order valence-electron chi connectivity index (χ0n) is 11.5. The smallest absolute Gasteiger partial charge is 0.205 e. The van der Waals surface area contributed by atoms with Crippen molar-refractivity contribution in [1.29, 1.82) is 0 Å². The number of carbonyl (C=O) groups excluding carboxylic acids is 1. The third-order valence-electron chi connectivity index (χ3n) is 4.10. The van der Waals surface area contributed by atoms with Gasteiger partial charge in [0.05, 0.1) is 6.04 Å². The quantitative estimate of drug-likeness (QED) is 0.839. The molecule has 21 heavy (non-hydrogen) atoms. The Morgan fingerprint density at radius 1 is 1.52 bits per heavy atom. The van der Waals surface area contributed by atoms with Gasteiger partial charge in [-0.3, -0.25) is 4.79 Å². The largest absolute Gasteiger partial charge is 0.468 e. The minimum absolute atomic E-state index is 0.0167. The Morgan fingerprint density at radius 3 is 3.00 bits per heavy atom. The summed E-state index contributed by atoms with van der Waals surface area (Å²) in [5, 5.41) is 0.552. The summed E-state index contributed by atoms with van der Waals surface area (Å²) in [6, 6.07) is 6.95. The Hall–Kier alpha value is -1.04. The number of halogens is 1. The Balaban J connectivity index is 2.16. The molecule has 4 nitrogen and oxygen atoms in total. The van der Waals surface area contributed by atoms with Crippen LogP contribution in [0.3, 0.4) is 0 Å². The number of nitrogens with two attached hydrogens (primary N) is 1. The molecule has 1 unspecified atom stereocenters. The van der Waals surface area contributed by atoms with Crippen LogP contribution in [0.1, 0.15) is 24.8 Å². The summed E-state index contributed by atoms with van der Waals surface area (Å²) >= 11 is 10.5. The normalized spacial score (nSPS) is 29.6. The number of ketones is 1. The van der Waals surface area contributed by atoms with Crippen molar-refractivity contribution in [2.24, 2.45) is 10.7 Å². The van der Waals surface area contributed by atoms with Crippen LogP contribution in [0.2, 0.25) is 5.02 Å². The highest BCUT2D eigenvalue weighted by molar-refractivity contribution is 7.80. The predicted octanol–water partition coefficient (Wildman–Crippen LogP) is 2.34. The van der Waals surface area contributed by atoms with Crippen LogP contribution >= 0.6 is 24.2 Å². The molecule has 1 saturated carbocycles. The molecular formula is C15H17ClN2O2S. The van der Waals surface area contributed by atoms with E-state index in [-0.39, 0.29) is 5.78 Å². The SMILES string of the molecule is NC(CS)C1=N[C@]2(c3ccccc3Cl)CCC[C@H](O1)C2=O. The minimum Gasteiger partial charge on any atom is -0.468 e. The highest BCUT2D eigenvalue weighted by Crippen LogP contribution is 2.44. The molecule has 0 amide bonds. The van der Waals surface area contributed by atoms with Gasteiger partial charge in [0.15, 0.2) is 11.6 Å². The fraction of sp³-hybridized carbons (Fsp3) is 0.467. The number of fused-ring (bicyclic) bond motifs is 2. The standard InChI is InChI=1S/C15H17ClN2O2S/c16-10-5-2-1-4-9(10)15-7-3-6-12(13(15)19)20-14(18-15)11(17)8-21/h1-2,4-5,11-12,21H,3,6-8,17H2/t11?,12-,15-/m0/s1. The first-order chi connectivity index (χ1) is 10.1. The van der Waals surface area contributed by atoms with E-state index in [0.717, 1.165) is 12.0 Å². The van der Waals surface area contributed by atoms with E-state index >= 15 is 0 Å². The van der Waals surface area contributed by atoms with Crippen molar-refractivity contribution in [3.8, 4) is 0 Å². The van der Waals surface area contributed by atoms with E-state index in [9.17, 15) is 4.79 Å². The van der Waals surface area contributed by atoms with E-state index in [0.29, 0.717) is 29.5 Å². The van der Waals surface area contributed by atoms with Crippen molar-refractivity contribution >= 4 is 35.9 Å². The number of hydrogen-bond acceptors (Lipinski definition) is 5. The van der Waals surface area contributed by atoms with Crippen molar-refractivity contribution < 1.29 is 9.53 Å². The number of aliphatic imine (C=N–C) groups is 1. The molecule has 112 valence electrons. The second kappa shape index (κ2) is 5.63. The van der Waals surface area contributed by atoms with Gasteiger partial charge in [-0.05, 0) is 25.3 Å². The van der Waals surface area contributed by atoms with Crippen LogP contribution in [0.25, 0.3) is 0 Å². The zero-order chi connectivity index (χ0) is 15.0. The molecule has 1 aromatic rings. The topological polar surface area (TPSA) is 64.7 Å². The van der Waals surface area contributed by atoms with Crippen molar-refractivity contribution in [2.75, 3.05) is 5.75 Å². The van der Waals surface area contributed by atoms with Gasteiger partial charge in [0.1, 0.15) is 0 Å². The van der Waals surface area contributed by atoms with E-state index in [1.54, 1.807) is 6.07 Å². The highest BCUT2D eigenvalue weighted by atomic mass is 35.5. The molecule has 2 bridgehead atoms. The molecule has 3 rings (SSSR count). The Kier molecular flexibility index (Phi) is 3.99. The van der Waals surface area contributed by atoms with Gasteiger partial charge in [-0.1, -0.05) is 29.8 Å². The highest BCUT2D eigenvalue weighted by Gasteiger charge is 2.52. The van der Waals surface area contributed by atoms with E-state index in [2.05, 4.69) is 17.6 Å². The molecule has 1 fully saturated rings. The molecule has 6 heteroatoms. The summed E-state index contributed by atoms with van der Waals surface area (Å²) in [7, 11) is 0. The average Bonchev–Trinajstić information content (AvgIpc) is 2.47. The van der Waals surface area contributed by atoms with Gasteiger partial charge in [-0.2, -0.15) is 12.6 Å². The van der Waals surface area contributed by atoms with Gasteiger partial charge in [-0.15, -0.1) is 0 Å². The lowest BCUT2D eigenvalue weighted by Gasteiger charge is -2.42. The first-order valence-corrected chi connectivity index (χ1v) is 8.01. The fourth-order valence-electron chi connectivity index (χ4n) is 3.02. The Bertz CT molecular complexity index is 607. The number of ether oxygens (including phenoxy) is 1. The minimum atomic E-state index is -0.949. The number of thiol groups is 1. The fourth-order valence-corrected chi connectivity index (χ4v) is 3.47. The molecule has 0 radical (unpaired) electrons. The summed E-state index contributed by atoms with van der Waals surface area (Å²) in [5.74, 6) is 0.810. The molecule has 1 heterocycles. The van der Waals surface area contributed by atoms with Crippen LogP contribution in [0.15, 0.2) is 29.3 Å². The van der Waals surface area contributed by atoms with Gasteiger partial charge in [-0.25, -0.2) is 4.99 Å². The Morgan fingerprint density at radius 2 is 2.29 bits per heavy atom. The lowest BCUT2D eigenvalue weighted by atomic mass is 9.74. The molecule has 2 aliphatic rings. The molecule has 1 aromatic carbocycles. The number of nitrogens with zero attached hydrogens (tertiary/aromatic N) is 1. The van der Waals surface area contributed by atoms with Crippen LogP contribution in [0.4, 0.5) is 0 Å². The third kappa shape index (κ3) is 2.37. The van der Waals surface area contributed by atoms with Gasteiger partial charge in [0.25, 0.3) is 0 Å². The van der Waals surface area contributed by atoms with E-state index in [1.807, 2.05) is 18.2 Å². The third-order valence-corrected chi connectivity index (χ3v) is 4.83. The number of benzene rings is 1.